The van der Waals surface area contributed by atoms with Gasteiger partial charge in [-0.05, 0) is 79.7 Å². The van der Waals surface area contributed by atoms with E-state index in [1.54, 1.807) is 18.2 Å². The maximum atomic E-state index is 13.2. The number of aryl methyl sites for hydroxylation is 1. The summed E-state index contributed by atoms with van der Waals surface area (Å²) >= 11 is 6.81. The maximum absolute atomic E-state index is 13.2. The Bertz CT molecular complexity index is 606. The second-order valence-corrected chi connectivity index (χ2v) is 6.11. The third-order valence-electron chi connectivity index (χ3n) is 2.92. The summed E-state index contributed by atoms with van der Waals surface area (Å²) < 4.78 is 20.5. The molecule has 2 aromatic carbocycles. The molecule has 0 saturated heterocycles. The van der Waals surface area contributed by atoms with Crippen molar-refractivity contribution in [3.63, 3.8) is 0 Å². The van der Waals surface area contributed by atoms with E-state index in [0.717, 1.165) is 25.6 Å². The highest BCUT2D eigenvalue weighted by molar-refractivity contribution is 9.11. The molecule has 0 heterocycles. The first-order chi connectivity index (χ1) is 9.51. The van der Waals surface area contributed by atoms with Gasteiger partial charge in [0.15, 0.2) is 0 Å². The van der Waals surface area contributed by atoms with E-state index in [1.165, 1.54) is 12.1 Å². The minimum absolute atomic E-state index is 0.0412. The fraction of sp³-hybridized carbons (Fsp3) is 0.200. The Labute approximate surface area is 133 Å². The molecule has 0 aromatic heterocycles. The second-order valence-electron chi connectivity index (χ2n) is 4.41. The number of hydrogen-bond donors (Lipinski definition) is 1. The van der Waals surface area contributed by atoms with Crippen LogP contribution in [0.5, 0.6) is 5.75 Å². The van der Waals surface area contributed by atoms with Crippen LogP contribution < -0.4 is 4.74 Å². The zero-order valence-corrected chi connectivity index (χ0v) is 14.0. The Hall–Kier alpha value is -0.910. The number of benzene rings is 2. The summed E-state index contributed by atoms with van der Waals surface area (Å²) in [5.41, 5.74) is 2.55. The van der Waals surface area contributed by atoms with Crippen molar-refractivity contribution in [3.8, 4) is 5.75 Å². The van der Waals surface area contributed by atoms with E-state index in [2.05, 4.69) is 31.9 Å². The van der Waals surface area contributed by atoms with Crippen molar-refractivity contribution in [2.24, 2.45) is 0 Å². The molecule has 0 aliphatic carbocycles. The molecule has 0 atom stereocenters. The number of ether oxygens (including phenoxy) is 1. The highest BCUT2D eigenvalue weighted by Gasteiger charge is 2.10. The largest absolute Gasteiger partial charge is 0.487 e. The van der Waals surface area contributed by atoms with E-state index in [1.807, 2.05) is 6.92 Å². The standard InChI is InChI=1S/C15H13Br2FO2/c1-9-2-3-12(18)6-11(9)8-20-15-13(16)4-10(7-19)5-14(15)17/h2-6,19H,7-8H2,1H3. The summed E-state index contributed by atoms with van der Waals surface area (Å²) in [6.45, 7) is 2.15. The Morgan fingerprint density at radius 1 is 1.15 bits per heavy atom. The molecular formula is C15H13Br2FO2. The van der Waals surface area contributed by atoms with Crippen LogP contribution in [0.15, 0.2) is 39.3 Å². The minimum Gasteiger partial charge on any atom is -0.487 e. The van der Waals surface area contributed by atoms with Gasteiger partial charge in [-0.3, -0.25) is 0 Å². The van der Waals surface area contributed by atoms with Gasteiger partial charge in [-0.1, -0.05) is 6.07 Å². The monoisotopic (exact) mass is 402 g/mol. The minimum atomic E-state index is -0.275. The smallest absolute Gasteiger partial charge is 0.148 e. The summed E-state index contributed by atoms with van der Waals surface area (Å²) in [6.07, 6.45) is 0. The summed E-state index contributed by atoms with van der Waals surface area (Å²) in [5.74, 6) is 0.355. The molecule has 0 unspecified atom stereocenters. The SMILES string of the molecule is Cc1ccc(F)cc1COc1c(Br)cc(CO)cc1Br. The van der Waals surface area contributed by atoms with Gasteiger partial charge in [0.05, 0.1) is 15.6 Å². The molecule has 5 heteroatoms. The van der Waals surface area contributed by atoms with Gasteiger partial charge < -0.3 is 9.84 Å². The summed E-state index contributed by atoms with van der Waals surface area (Å²) in [6, 6.07) is 8.21. The van der Waals surface area contributed by atoms with Crippen LogP contribution in [0.2, 0.25) is 0 Å². The summed E-state index contributed by atoms with van der Waals surface area (Å²) in [4.78, 5) is 0. The number of aliphatic hydroxyl groups excluding tert-OH is 1. The maximum Gasteiger partial charge on any atom is 0.148 e. The van der Waals surface area contributed by atoms with E-state index in [4.69, 9.17) is 9.84 Å². The van der Waals surface area contributed by atoms with Gasteiger partial charge in [0.25, 0.3) is 0 Å². The van der Waals surface area contributed by atoms with Crippen molar-refractivity contribution in [1.82, 2.24) is 0 Å². The fourth-order valence-electron chi connectivity index (χ4n) is 1.79. The molecule has 106 valence electrons. The van der Waals surface area contributed by atoms with E-state index in [9.17, 15) is 4.39 Å². The van der Waals surface area contributed by atoms with Gasteiger partial charge >= 0.3 is 0 Å². The third-order valence-corrected chi connectivity index (χ3v) is 4.10. The van der Waals surface area contributed by atoms with E-state index in [-0.39, 0.29) is 19.0 Å². The average molecular weight is 404 g/mol. The molecule has 1 N–H and O–H groups in total. The summed E-state index contributed by atoms with van der Waals surface area (Å²) in [7, 11) is 0. The molecule has 0 fully saturated rings. The zero-order valence-electron chi connectivity index (χ0n) is 10.8. The lowest BCUT2D eigenvalue weighted by atomic mass is 10.1. The average Bonchev–Trinajstić information content (AvgIpc) is 2.41. The molecule has 0 amide bonds. The van der Waals surface area contributed by atoms with Gasteiger partial charge in [0.1, 0.15) is 18.2 Å². The molecule has 0 radical (unpaired) electrons. The van der Waals surface area contributed by atoms with E-state index >= 15 is 0 Å². The van der Waals surface area contributed by atoms with Crippen LogP contribution in [-0.2, 0) is 13.2 Å². The van der Waals surface area contributed by atoms with Crippen molar-refractivity contribution in [1.29, 1.82) is 0 Å². The first-order valence-corrected chi connectivity index (χ1v) is 7.56. The first kappa shape index (κ1) is 15.5. The van der Waals surface area contributed by atoms with Crippen molar-refractivity contribution in [2.45, 2.75) is 20.1 Å². The van der Waals surface area contributed by atoms with Crippen LogP contribution in [0.1, 0.15) is 16.7 Å². The number of rotatable bonds is 4. The Balaban J connectivity index is 2.21. The van der Waals surface area contributed by atoms with Gasteiger partial charge in [0.2, 0.25) is 0 Å². The van der Waals surface area contributed by atoms with Crippen LogP contribution in [0, 0.1) is 12.7 Å². The first-order valence-electron chi connectivity index (χ1n) is 5.98. The molecule has 0 bridgehead atoms. The van der Waals surface area contributed by atoms with Gasteiger partial charge in [-0.15, -0.1) is 0 Å². The van der Waals surface area contributed by atoms with Crippen LogP contribution in [0.4, 0.5) is 4.39 Å². The molecule has 2 aromatic rings. The van der Waals surface area contributed by atoms with Crippen molar-refractivity contribution in [3.05, 3.63) is 61.8 Å². The second kappa shape index (κ2) is 6.70. The predicted octanol–water partition coefficient (Wildman–Crippen LogP) is 4.73. The zero-order chi connectivity index (χ0) is 14.7. The number of hydrogen-bond acceptors (Lipinski definition) is 2. The highest BCUT2D eigenvalue weighted by atomic mass is 79.9. The van der Waals surface area contributed by atoms with Gasteiger partial charge in [-0.25, -0.2) is 4.39 Å². The quantitative estimate of drug-likeness (QED) is 0.799. The van der Waals surface area contributed by atoms with Gasteiger partial charge in [0, 0.05) is 0 Å². The Morgan fingerprint density at radius 2 is 1.80 bits per heavy atom. The lowest BCUT2D eigenvalue weighted by Crippen LogP contribution is -2.00. The van der Waals surface area contributed by atoms with Crippen LogP contribution in [-0.4, -0.2) is 5.11 Å². The van der Waals surface area contributed by atoms with Crippen LogP contribution >= 0.6 is 31.9 Å². The Kier molecular flexibility index (Phi) is 5.18. The van der Waals surface area contributed by atoms with Gasteiger partial charge in [-0.2, -0.15) is 0 Å². The van der Waals surface area contributed by atoms with Crippen LogP contribution in [0.25, 0.3) is 0 Å². The van der Waals surface area contributed by atoms with Crippen molar-refractivity contribution >= 4 is 31.9 Å². The molecule has 20 heavy (non-hydrogen) atoms. The van der Waals surface area contributed by atoms with Crippen LogP contribution in [0.3, 0.4) is 0 Å². The van der Waals surface area contributed by atoms with Crippen molar-refractivity contribution in [2.75, 3.05) is 0 Å². The molecule has 2 rings (SSSR count). The lowest BCUT2D eigenvalue weighted by Gasteiger charge is -2.13. The molecular weight excluding hydrogens is 391 g/mol. The molecule has 0 saturated carbocycles. The highest BCUT2D eigenvalue weighted by Crippen LogP contribution is 2.35. The third kappa shape index (κ3) is 3.59. The lowest BCUT2D eigenvalue weighted by molar-refractivity contribution is 0.280. The van der Waals surface area contributed by atoms with E-state index < -0.39 is 0 Å². The molecule has 2 nitrogen and oxygen atoms in total. The normalized spacial score (nSPS) is 10.7. The van der Waals surface area contributed by atoms with E-state index in [0.29, 0.717) is 5.75 Å². The Morgan fingerprint density at radius 3 is 2.40 bits per heavy atom. The predicted molar refractivity (Wildman–Crippen MR) is 83.2 cm³/mol. The topological polar surface area (TPSA) is 29.5 Å². The molecule has 0 aliphatic rings. The molecule has 0 aliphatic heterocycles. The van der Waals surface area contributed by atoms with Crippen molar-refractivity contribution < 1.29 is 14.2 Å². The summed E-state index contributed by atoms with van der Waals surface area (Å²) in [5, 5.41) is 9.13. The number of aliphatic hydroxyl groups is 1. The number of halogens is 3. The molecule has 0 spiro atoms. The fourth-order valence-corrected chi connectivity index (χ4v) is 3.30.